The molecule has 1 unspecified atom stereocenters. The first-order valence-electron chi connectivity index (χ1n) is 8.27. The zero-order valence-corrected chi connectivity index (χ0v) is 15.9. The number of carbonyl (C=O) groups excluding carboxylic acids is 5. The fourth-order valence-corrected chi connectivity index (χ4v) is 2.63. The maximum atomic E-state index is 12.8. The number of amides is 5. The lowest BCUT2D eigenvalue weighted by atomic mass is 10.1. The largest absolute Gasteiger partial charge is 0.466 e. The molecule has 5 amide bonds. The van der Waals surface area contributed by atoms with Crippen LogP contribution in [0.25, 0.3) is 0 Å². The van der Waals surface area contributed by atoms with Crippen LogP contribution in [0.15, 0.2) is 0 Å². The average molecular weight is 370 g/mol. The second kappa shape index (κ2) is 8.15. The van der Waals surface area contributed by atoms with Gasteiger partial charge in [-0.3, -0.25) is 19.2 Å². The molecule has 1 fully saturated rings. The minimum Gasteiger partial charge on any atom is -0.466 e. The van der Waals surface area contributed by atoms with Crippen LogP contribution in [0, 0.1) is 0 Å². The Hall–Kier alpha value is -2.65. The Labute approximate surface area is 152 Å². The van der Waals surface area contributed by atoms with Crippen molar-refractivity contribution >= 4 is 29.7 Å². The van der Waals surface area contributed by atoms with Crippen LogP contribution in [0.2, 0.25) is 0 Å². The summed E-state index contributed by atoms with van der Waals surface area (Å²) in [5, 5.41) is 4.88. The van der Waals surface area contributed by atoms with Gasteiger partial charge < -0.3 is 20.3 Å². The van der Waals surface area contributed by atoms with Crippen molar-refractivity contribution in [3.63, 3.8) is 0 Å². The summed E-state index contributed by atoms with van der Waals surface area (Å²) in [6, 6.07) is -2.94. The number of esters is 1. The molecule has 1 aliphatic rings. The van der Waals surface area contributed by atoms with Crippen molar-refractivity contribution in [3.05, 3.63) is 0 Å². The molecule has 0 aliphatic carbocycles. The van der Waals surface area contributed by atoms with Gasteiger partial charge in [-0.25, -0.2) is 9.69 Å². The van der Waals surface area contributed by atoms with E-state index in [4.69, 9.17) is 4.74 Å². The Morgan fingerprint density at radius 2 is 1.88 bits per heavy atom. The SMILES string of the molecule is CCOC(=O)C[C@@H](C(=O)NC)N(C)C(=O)C(C)N1C(=O)NC(C)(C)C1=O. The topological polar surface area (TPSA) is 125 Å². The fourth-order valence-electron chi connectivity index (χ4n) is 2.63. The normalized spacial score (nSPS) is 18.0. The van der Waals surface area contributed by atoms with Gasteiger partial charge in [-0.1, -0.05) is 0 Å². The van der Waals surface area contributed by atoms with Gasteiger partial charge in [0.05, 0.1) is 13.0 Å². The highest BCUT2D eigenvalue weighted by atomic mass is 16.5. The number of hydrogen-bond donors (Lipinski definition) is 2. The van der Waals surface area contributed by atoms with Crippen molar-refractivity contribution in [1.82, 2.24) is 20.4 Å². The molecule has 0 spiro atoms. The number of nitrogens with zero attached hydrogens (tertiary/aromatic N) is 2. The van der Waals surface area contributed by atoms with E-state index in [1.807, 2.05) is 0 Å². The molecule has 1 rings (SSSR count). The van der Waals surface area contributed by atoms with Crippen molar-refractivity contribution in [1.29, 1.82) is 0 Å². The van der Waals surface area contributed by atoms with Gasteiger partial charge in [0.1, 0.15) is 17.6 Å². The van der Waals surface area contributed by atoms with Crippen LogP contribution in [0.4, 0.5) is 4.79 Å². The highest BCUT2D eigenvalue weighted by Crippen LogP contribution is 2.20. The molecule has 0 bridgehead atoms. The average Bonchev–Trinajstić information content (AvgIpc) is 2.77. The molecule has 2 N–H and O–H groups in total. The molecule has 10 nitrogen and oxygen atoms in total. The number of ether oxygens (including phenoxy) is 1. The van der Waals surface area contributed by atoms with E-state index < -0.39 is 47.3 Å². The molecule has 2 atom stereocenters. The molecule has 10 heteroatoms. The van der Waals surface area contributed by atoms with Crippen molar-refractivity contribution in [2.45, 2.75) is 51.7 Å². The number of imide groups is 1. The number of urea groups is 1. The summed E-state index contributed by atoms with van der Waals surface area (Å²) in [6.07, 6.45) is -0.339. The Bertz CT molecular complexity index is 618. The van der Waals surface area contributed by atoms with Crippen molar-refractivity contribution < 1.29 is 28.7 Å². The maximum Gasteiger partial charge on any atom is 0.325 e. The van der Waals surface area contributed by atoms with Crippen LogP contribution < -0.4 is 10.6 Å². The molecule has 0 aromatic heterocycles. The minimum atomic E-state index is -1.14. The van der Waals surface area contributed by atoms with Gasteiger partial charge >= 0.3 is 12.0 Å². The summed E-state index contributed by atoms with van der Waals surface area (Å²) in [4.78, 5) is 62.9. The lowest BCUT2D eigenvalue weighted by molar-refractivity contribution is -0.151. The van der Waals surface area contributed by atoms with Gasteiger partial charge in [-0.2, -0.15) is 0 Å². The lowest BCUT2D eigenvalue weighted by Gasteiger charge is -2.31. The fraction of sp³-hybridized carbons (Fsp3) is 0.688. The summed E-state index contributed by atoms with van der Waals surface area (Å²) in [5.74, 6) is -2.38. The van der Waals surface area contributed by atoms with Crippen molar-refractivity contribution in [3.8, 4) is 0 Å². The van der Waals surface area contributed by atoms with Crippen LogP contribution in [0.1, 0.15) is 34.1 Å². The quantitative estimate of drug-likeness (QED) is 0.448. The second-order valence-corrected chi connectivity index (χ2v) is 6.49. The predicted octanol–water partition coefficient (Wildman–Crippen LogP) is -0.768. The van der Waals surface area contributed by atoms with Crippen molar-refractivity contribution in [2.24, 2.45) is 0 Å². The van der Waals surface area contributed by atoms with E-state index in [-0.39, 0.29) is 13.0 Å². The third-order valence-corrected chi connectivity index (χ3v) is 4.17. The molecule has 0 aromatic rings. The van der Waals surface area contributed by atoms with E-state index in [1.54, 1.807) is 6.92 Å². The highest BCUT2D eigenvalue weighted by molar-refractivity contribution is 6.09. The van der Waals surface area contributed by atoms with Crippen LogP contribution in [0.3, 0.4) is 0 Å². The van der Waals surface area contributed by atoms with E-state index in [1.165, 1.54) is 34.9 Å². The Kier molecular flexibility index (Phi) is 6.71. The maximum absolute atomic E-state index is 12.8. The van der Waals surface area contributed by atoms with Gasteiger partial charge in [0.25, 0.3) is 5.91 Å². The Balaban J connectivity index is 3.00. The third kappa shape index (κ3) is 4.30. The lowest BCUT2D eigenvalue weighted by Crippen LogP contribution is -2.55. The molecule has 0 aromatic carbocycles. The number of rotatable bonds is 7. The van der Waals surface area contributed by atoms with E-state index >= 15 is 0 Å². The first-order valence-corrected chi connectivity index (χ1v) is 8.27. The summed E-state index contributed by atoms with van der Waals surface area (Å²) >= 11 is 0. The summed E-state index contributed by atoms with van der Waals surface area (Å²) in [7, 11) is 2.71. The number of likely N-dealkylation sites (N-methyl/N-ethyl adjacent to an activating group) is 2. The molecular weight excluding hydrogens is 344 g/mol. The second-order valence-electron chi connectivity index (χ2n) is 6.49. The summed E-state index contributed by atoms with van der Waals surface area (Å²) in [5.41, 5.74) is -1.12. The van der Waals surface area contributed by atoms with E-state index in [0.717, 1.165) is 9.80 Å². The van der Waals surface area contributed by atoms with Gasteiger partial charge in [-0.15, -0.1) is 0 Å². The Morgan fingerprint density at radius 1 is 1.31 bits per heavy atom. The molecule has 26 heavy (non-hydrogen) atoms. The molecule has 1 saturated heterocycles. The first-order chi connectivity index (χ1) is 12.0. The predicted molar refractivity (Wildman–Crippen MR) is 90.8 cm³/mol. The van der Waals surface area contributed by atoms with Gasteiger partial charge in [0.2, 0.25) is 11.8 Å². The van der Waals surface area contributed by atoms with Gasteiger partial charge in [0.15, 0.2) is 0 Å². The van der Waals surface area contributed by atoms with Crippen LogP contribution >= 0.6 is 0 Å². The summed E-state index contributed by atoms with van der Waals surface area (Å²) in [6.45, 7) is 6.22. The summed E-state index contributed by atoms with van der Waals surface area (Å²) < 4.78 is 4.83. The standard InChI is InChI=1S/C16H26N4O6/c1-7-26-11(21)8-10(12(22)17-5)19(6)13(23)9(2)20-14(24)16(3,4)18-15(20)25/h9-10H,7-8H2,1-6H3,(H,17,22)(H,18,25)/t9?,10-/m0/s1. The number of carbonyl (C=O) groups is 5. The zero-order chi connectivity index (χ0) is 20.2. The minimum absolute atomic E-state index is 0.144. The Morgan fingerprint density at radius 3 is 2.31 bits per heavy atom. The van der Waals surface area contributed by atoms with Crippen LogP contribution in [-0.4, -0.2) is 77.8 Å². The molecule has 0 saturated carbocycles. The number of hydrogen-bond acceptors (Lipinski definition) is 6. The molecule has 1 aliphatic heterocycles. The van der Waals surface area contributed by atoms with Crippen LogP contribution in [-0.2, 0) is 23.9 Å². The van der Waals surface area contributed by atoms with E-state index in [9.17, 15) is 24.0 Å². The third-order valence-electron chi connectivity index (χ3n) is 4.17. The van der Waals surface area contributed by atoms with E-state index in [0.29, 0.717) is 0 Å². The smallest absolute Gasteiger partial charge is 0.325 e. The molecule has 1 heterocycles. The van der Waals surface area contributed by atoms with Gasteiger partial charge in [0, 0.05) is 14.1 Å². The highest BCUT2D eigenvalue weighted by Gasteiger charge is 2.48. The van der Waals surface area contributed by atoms with Gasteiger partial charge in [-0.05, 0) is 27.7 Å². The molecule has 146 valence electrons. The monoisotopic (exact) mass is 370 g/mol. The molecule has 0 radical (unpaired) electrons. The molecular formula is C16H26N4O6. The van der Waals surface area contributed by atoms with E-state index in [2.05, 4.69) is 10.6 Å². The zero-order valence-electron chi connectivity index (χ0n) is 15.9. The first kappa shape index (κ1) is 21.4. The van der Waals surface area contributed by atoms with Crippen LogP contribution in [0.5, 0.6) is 0 Å². The number of nitrogens with one attached hydrogen (secondary N) is 2. The van der Waals surface area contributed by atoms with Crippen molar-refractivity contribution in [2.75, 3.05) is 20.7 Å².